The lowest BCUT2D eigenvalue weighted by atomic mass is 10.2. The third-order valence-electron chi connectivity index (χ3n) is 2.26. The van der Waals surface area contributed by atoms with E-state index in [4.69, 9.17) is 16.3 Å². The van der Waals surface area contributed by atoms with Crippen molar-refractivity contribution in [3.05, 3.63) is 57.2 Å². The summed E-state index contributed by atoms with van der Waals surface area (Å²) in [6.07, 6.45) is 0. The van der Waals surface area contributed by atoms with Gasteiger partial charge in [-0.25, -0.2) is 0 Å². The van der Waals surface area contributed by atoms with E-state index in [-0.39, 0.29) is 12.4 Å². The van der Waals surface area contributed by atoms with E-state index in [9.17, 15) is 4.79 Å². The molecule has 1 aromatic heterocycles. The molecule has 2 rings (SSSR count). The first-order valence-electron chi connectivity index (χ1n) is 5.15. The highest BCUT2D eigenvalue weighted by Crippen LogP contribution is 2.23. The van der Waals surface area contributed by atoms with Gasteiger partial charge in [0.05, 0.1) is 6.61 Å². The summed E-state index contributed by atoms with van der Waals surface area (Å²) < 4.78 is 5.88. The summed E-state index contributed by atoms with van der Waals surface area (Å²) in [6.45, 7) is 0.500. The fraction of sp³-hybridized carbons (Fsp3) is 0.154. The van der Waals surface area contributed by atoms with Crippen LogP contribution in [0.2, 0.25) is 4.34 Å². The fourth-order valence-corrected chi connectivity index (χ4v) is 2.36. The molecular formula is C13H11ClO2S. The Hall–Kier alpha value is -1.16. The molecule has 4 heteroatoms. The molecule has 2 nitrogen and oxygen atoms in total. The summed E-state index contributed by atoms with van der Waals surface area (Å²) in [5, 5.41) is 1.80. The summed E-state index contributed by atoms with van der Waals surface area (Å²) in [5.74, 6) is -0.0767. The monoisotopic (exact) mass is 266 g/mol. The number of rotatable bonds is 5. The molecule has 0 aliphatic carbocycles. The maximum Gasteiger partial charge on any atom is 0.190 e. The van der Waals surface area contributed by atoms with Gasteiger partial charge < -0.3 is 4.74 Å². The molecule has 2 aromatic rings. The van der Waals surface area contributed by atoms with Crippen LogP contribution in [0.25, 0.3) is 0 Å². The van der Waals surface area contributed by atoms with Crippen LogP contribution in [0.15, 0.2) is 41.8 Å². The van der Waals surface area contributed by atoms with E-state index >= 15 is 0 Å². The number of ether oxygens (including phenoxy) is 1. The van der Waals surface area contributed by atoms with Crippen LogP contribution in [0.4, 0.5) is 0 Å². The third-order valence-corrected chi connectivity index (χ3v) is 3.43. The molecule has 0 bridgehead atoms. The lowest BCUT2D eigenvalue weighted by molar-refractivity contribution is 0.0727. The van der Waals surface area contributed by atoms with Gasteiger partial charge in [0, 0.05) is 5.56 Å². The van der Waals surface area contributed by atoms with Crippen molar-refractivity contribution in [2.45, 2.75) is 6.61 Å². The van der Waals surface area contributed by atoms with Crippen molar-refractivity contribution in [3.63, 3.8) is 0 Å². The predicted octanol–water partition coefficient (Wildman–Crippen LogP) is 3.80. The molecule has 88 valence electrons. The van der Waals surface area contributed by atoms with Crippen molar-refractivity contribution in [2.75, 3.05) is 6.61 Å². The average molecular weight is 267 g/mol. The molecule has 17 heavy (non-hydrogen) atoms. The zero-order valence-electron chi connectivity index (χ0n) is 9.06. The van der Waals surface area contributed by atoms with Crippen LogP contribution in [0.5, 0.6) is 0 Å². The number of halogens is 1. The maximum atomic E-state index is 11.7. The second kappa shape index (κ2) is 5.96. The van der Waals surface area contributed by atoms with Crippen molar-refractivity contribution in [2.24, 2.45) is 0 Å². The van der Waals surface area contributed by atoms with E-state index in [1.54, 1.807) is 11.4 Å². The average Bonchev–Trinajstić information content (AvgIpc) is 2.77. The second-order valence-corrected chi connectivity index (χ2v) is 5.03. The van der Waals surface area contributed by atoms with Gasteiger partial charge in [0.15, 0.2) is 5.78 Å². The minimum absolute atomic E-state index is 0.0609. The van der Waals surface area contributed by atoms with E-state index in [2.05, 4.69) is 0 Å². The van der Waals surface area contributed by atoms with E-state index in [0.29, 0.717) is 16.5 Å². The zero-order valence-corrected chi connectivity index (χ0v) is 10.6. The van der Waals surface area contributed by atoms with Crippen LogP contribution in [0.1, 0.15) is 15.9 Å². The van der Waals surface area contributed by atoms with Crippen LogP contribution < -0.4 is 0 Å². The molecule has 0 spiro atoms. The lowest BCUT2D eigenvalue weighted by Crippen LogP contribution is -2.08. The quantitative estimate of drug-likeness (QED) is 0.770. The summed E-state index contributed by atoms with van der Waals surface area (Å²) in [5.41, 5.74) is 1.60. The Morgan fingerprint density at radius 2 is 2.00 bits per heavy atom. The van der Waals surface area contributed by atoms with E-state index in [1.165, 1.54) is 11.3 Å². The summed E-state index contributed by atoms with van der Waals surface area (Å²) in [6, 6.07) is 11.5. The Balaban J connectivity index is 1.84. The number of carbonyl (C=O) groups is 1. The number of thiophene rings is 1. The molecule has 0 aliphatic heterocycles. The molecule has 0 saturated carbocycles. The van der Waals surface area contributed by atoms with E-state index < -0.39 is 0 Å². The van der Waals surface area contributed by atoms with Gasteiger partial charge in [-0.1, -0.05) is 41.9 Å². The molecule has 0 aliphatic rings. The Bertz CT molecular complexity index is 493. The van der Waals surface area contributed by atoms with Gasteiger partial charge in [-0.05, 0) is 17.0 Å². The van der Waals surface area contributed by atoms with Crippen LogP contribution in [0, 0.1) is 0 Å². The molecule has 1 aromatic carbocycles. The fourth-order valence-electron chi connectivity index (χ4n) is 1.41. The Morgan fingerprint density at radius 1 is 1.24 bits per heavy atom. The van der Waals surface area contributed by atoms with Gasteiger partial charge in [-0.15, -0.1) is 11.3 Å². The summed E-state index contributed by atoms with van der Waals surface area (Å²) >= 11 is 7.22. The highest BCUT2D eigenvalue weighted by molar-refractivity contribution is 7.14. The molecular weight excluding hydrogens is 256 g/mol. The Kier molecular flexibility index (Phi) is 4.31. The normalized spacial score (nSPS) is 10.4. The van der Waals surface area contributed by atoms with E-state index in [1.807, 2.05) is 30.3 Å². The minimum atomic E-state index is -0.0767. The first-order valence-corrected chi connectivity index (χ1v) is 6.41. The smallest absolute Gasteiger partial charge is 0.190 e. The van der Waals surface area contributed by atoms with Gasteiger partial charge in [0.2, 0.25) is 0 Å². The minimum Gasteiger partial charge on any atom is -0.369 e. The van der Waals surface area contributed by atoms with Crippen molar-refractivity contribution >= 4 is 28.7 Å². The lowest BCUT2D eigenvalue weighted by Gasteiger charge is -2.03. The number of Topliss-reactive ketones (excluding diaryl/α,β-unsaturated/α-hetero) is 1. The second-order valence-electron chi connectivity index (χ2n) is 3.51. The topological polar surface area (TPSA) is 26.3 Å². The number of benzene rings is 1. The first kappa shape index (κ1) is 12.3. The van der Waals surface area contributed by atoms with E-state index in [0.717, 1.165) is 5.56 Å². The molecule has 0 unspecified atom stereocenters. The first-order chi connectivity index (χ1) is 8.27. The number of hydrogen-bond donors (Lipinski definition) is 0. The van der Waals surface area contributed by atoms with Gasteiger partial charge >= 0.3 is 0 Å². The van der Waals surface area contributed by atoms with Crippen molar-refractivity contribution < 1.29 is 9.53 Å². The van der Waals surface area contributed by atoms with Crippen LogP contribution in [-0.2, 0) is 11.3 Å². The SMILES string of the molecule is O=C(COCc1ccccc1)c1ccsc1Cl. The van der Waals surface area contributed by atoms with Crippen molar-refractivity contribution in [1.29, 1.82) is 0 Å². The van der Waals surface area contributed by atoms with Crippen LogP contribution >= 0.6 is 22.9 Å². The summed E-state index contributed by atoms with van der Waals surface area (Å²) in [7, 11) is 0. The molecule has 0 N–H and O–H groups in total. The molecule has 0 fully saturated rings. The number of ketones is 1. The predicted molar refractivity (Wildman–Crippen MR) is 69.8 cm³/mol. The van der Waals surface area contributed by atoms with Crippen LogP contribution in [-0.4, -0.2) is 12.4 Å². The number of carbonyl (C=O) groups excluding carboxylic acids is 1. The van der Waals surface area contributed by atoms with Crippen LogP contribution in [0.3, 0.4) is 0 Å². The Morgan fingerprint density at radius 3 is 2.65 bits per heavy atom. The standard InChI is InChI=1S/C13H11ClO2S/c14-13-11(6-7-17-13)12(15)9-16-8-10-4-2-1-3-5-10/h1-7H,8-9H2. The maximum absolute atomic E-state index is 11.7. The highest BCUT2D eigenvalue weighted by Gasteiger charge is 2.11. The van der Waals surface area contributed by atoms with Gasteiger partial charge in [-0.2, -0.15) is 0 Å². The summed E-state index contributed by atoms with van der Waals surface area (Å²) in [4.78, 5) is 11.7. The van der Waals surface area contributed by atoms with Gasteiger partial charge in [0.1, 0.15) is 10.9 Å². The van der Waals surface area contributed by atoms with Gasteiger partial charge in [0.25, 0.3) is 0 Å². The Labute approximate surface area is 109 Å². The highest BCUT2D eigenvalue weighted by atomic mass is 35.5. The molecule has 0 amide bonds. The zero-order chi connectivity index (χ0) is 12.1. The molecule has 0 saturated heterocycles. The van der Waals surface area contributed by atoms with Crippen molar-refractivity contribution in [1.82, 2.24) is 0 Å². The van der Waals surface area contributed by atoms with Gasteiger partial charge in [-0.3, -0.25) is 4.79 Å². The molecule has 1 heterocycles. The molecule has 0 atom stereocenters. The largest absolute Gasteiger partial charge is 0.369 e. The molecule has 0 radical (unpaired) electrons. The van der Waals surface area contributed by atoms with Crippen molar-refractivity contribution in [3.8, 4) is 0 Å². The number of hydrogen-bond acceptors (Lipinski definition) is 3. The third kappa shape index (κ3) is 3.40.